The van der Waals surface area contributed by atoms with Gasteiger partial charge in [0.05, 0.1) is 18.1 Å². The maximum absolute atomic E-state index is 13.7. The van der Waals surface area contributed by atoms with Crippen molar-refractivity contribution in [2.45, 2.75) is 0 Å². The van der Waals surface area contributed by atoms with Crippen LogP contribution in [0.15, 0.2) is 36.4 Å². The van der Waals surface area contributed by atoms with E-state index in [1.54, 1.807) is 30.3 Å². The van der Waals surface area contributed by atoms with E-state index in [9.17, 15) is 9.18 Å². The van der Waals surface area contributed by atoms with Crippen LogP contribution in [0.2, 0.25) is 0 Å². The predicted octanol–water partition coefficient (Wildman–Crippen LogP) is 1.98. The van der Waals surface area contributed by atoms with Crippen LogP contribution in [0, 0.1) is 5.82 Å². The molecule has 0 unspecified atom stereocenters. The largest absolute Gasteiger partial charge is 0.395 e. The van der Waals surface area contributed by atoms with E-state index in [2.05, 4.69) is 0 Å². The summed E-state index contributed by atoms with van der Waals surface area (Å²) in [5.41, 5.74) is 0.456. The first-order valence-electron chi connectivity index (χ1n) is 6.53. The minimum atomic E-state index is -0.332. The summed E-state index contributed by atoms with van der Waals surface area (Å²) in [6.45, 7) is -0.0206. The molecule has 0 saturated carbocycles. The molecule has 0 aliphatic carbocycles. The molecule has 4 nitrogen and oxygen atoms in total. The predicted molar refractivity (Wildman–Crippen MR) is 79.8 cm³/mol. The van der Waals surface area contributed by atoms with Crippen molar-refractivity contribution in [3.63, 3.8) is 0 Å². The molecule has 2 rings (SSSR count). The Morgan fingerprint density at radius 2 is 1.76 bits per heavy atom. The van der Waals surface area contributed by atoms with Gasteiger partial charge in [-0.25, -0.2) is 4.39 Å². The SMILES string of the molecule is O=C(c1ccc(-c2ccccc2F)s1)N(CCO)CCO. The first kappa shape index (κ1) is 15.6. The number of benzene rings is 1. The number of hydrogen-bond acceptors (Lipinski definition) is 4. The first-order chi connectivity index (χ1) is 10.2. The van der Waals surface area contributed by atoms with Crippen molar-refractivity contribution >= 4 is 17.2 Å². The Morgan fingerprint density at radius 3 is 2.38 bits per heavy atom. The molecule has 0 spiro atoms. The number of rotatable bonds is 6. The van der Waals surface area contributed by atoms with Crippen LogP contribution in [-0.4, -0.2) is 47.3 Å². The van der Waals surface area contributed by atoms with Crippen molar-refractivity contribution in [2.24, 2.45) is 0 Å². The molecule has 2 N–H and O–H groups in total. The highest BCUT2D eigenvalue weighted by Crippen LogP contribution is 2.30. The molecule has 2 aromatic rings. The summed E-state index contributed by atoms with van der Waals surface area (Å²) in [6.07, 6.45) is 0. The molecule has 6 heteroatoms. The first-order valence-corrected chi connectivity index (χ1v) is 7.34. The summed E-state index contributed by atoms with van der Waals surface area (Å²) in [6, 6.07) is 9.73. The highest BCUT2D eigenvalue weighted by molar-refractivity contribution is 7.17. The Kier molecular flexibility index (Phi) is 5.44. The van der Waals surface area contributed by atoms with E-state index in [4.69, 9.17) is 10.2 Å². The molecular weight excluding hydrogens is 293 g/mol. The third-order valence-electron chi connectivity index (χ3n) is 2.98. The molecule has 1 aromatic carbocycles. The highest BCUT2D eigenvalue weighted by atomic mass is 32.1. The maximum Gasteiger partial charge on any atom is 0.264 e. The van der Waals surface area contributed by atoms with Gasteiger partial charge in [0.2, 0.25) is 0 Å². The fourth-order valence-electron chi connectivity index (χ4n) is 1.97. The number of thiophene rings is 1. The van der Waals surface area contributed by atoms with E-state index in [1.165, 1.54) is 22.3 Å². The molecule has 0 aliphatic heterocycles. The molecule has 0 atom stereocenters. The average molecular weight is 309 g/mol. The van der Waals surface area contributed by atoms with Crippen LogP contribution in [0.1, 0.15) is 9.67 Å². The normalized spacial score (nSPS) is 10.6. The van der Waals surface area contributed by atoms with Crippen molar-refractivity contribution in [1.29, 1.82) is 0 Å². The molecule has 0 saturated heterocycles. The summed E-state index contributed by atoms with van der Waals surface area (Å²) >= 11 is 1.19. The third kappa shape index (κ3) is 3.66. The summed E-state index contributed by atoms with van der Waals surface area (Å²) in [5.74, 6) is -0.605. The van der Waals surface area contributed by atoms with Crippen molar-refractivity contribution < 1.29 is 19.4 Å². The fraction of sp³-hybridized carbons (Fsp3) is 0.267. The quantitative estimate of drug-likeness (QED) is 0.858. The Labute approximate surface area is 126 Å². The van der Waals surface area contributed by atoms with E-state index in [0.717, 1.165) is 0 Å². The van der Waals surface area contributed by atoms with Gasteiger partial charge in [0, 0.05) is 23.5 Å². The molecule has 0 radical (unpaired) electrons. The molecule has 1 amide bonds. The Balaban J connectivity index is 2.23. The van der Waals surface area contributed by atoms with Crippen molar-refractivity contribution in [1.82, 2.24) is 4.90 Å². The minimum Gasteiger partial charge on any atom is -0.395 e. The average Bonchev–Trinajstić information content (AvgIpc) is 2.96. The number of aliphatic hydroxyl groups excluding tert-OH is 2. The van der Waals surface area contributed by atoms with Gasteiger partial charge in [0.15, 0.2) is 0 Å². The zero-order chi connectivity index (χ0) is 15.2. The summed E-state index contributed by atoms with van der Waals surface area (Å²) in [7, 11) is 0. The lowest BCUT2D eigenvalue weighted by molar-refractivity contribution is 0.0689. The van der Waals surface area contributed by atoms with Gasteiger partial charge in [-0.2, -0.15) is 0 Å². The molecule has 1 aromatic heterocycles. The monoisotopic (exact) mass is 309 g/mol. The molecule has 1 heterocycles. The van der Waals surface area contributed by atoms with Crippen LogP contribution in [0.4, 0.5) is 4.39 Å². The second-order valence-corrected chi connectivity index (χ2v) is 5.47. The van der Waals surface area contributed by atoms with Crippen LogP contribution in [0.25, 0.3) is 10.4 Å². The van der Waals surface area contributed by atoms with E-state index in [1.807, 2.05) is 0 Å². The van der Waals surface area contributed by atoms with E-state index >= 15 is 0 Å². The lowest BCUT2D eigenvalue weighted by atomic mass is 10.2. The number of halogens is 1. The van der Waals surface area contributed by atoms with Crippen molar-refractivity contribution in [2.75, 3.05) is 26.3 Å². The van der Waals surface area contributed by atoms with E-state index < -0.39 is 0 Å². The molecule has 0 fully saturated rings. The van der Waals surface area contributed by atoms with Gasteiger partial charge in [0.25, 0.3) is 5.91 Å². The molecule has 0 aliphatic rings. The van der Waals surface area contributed by atoms with Crippen LogP contribution < -0.4 is 0 Å². The molecular formula is C15H16FNO3S. The number of carbonyl (C=O) groups is 1. The third-order valence-corrected chi connectivity index (χ3v) is 4.09. The standard InChI is InChI=1S/C15H16FNO3S/c16-12-4-2-1-3-11(12)13-5-6-14(21-13)15(20)17(7-9-18)8-10-19/h1-6,18-19H,7-10H2. The topological polar surface area (TPSA) is 60.8 Å². The lowest BCUT2D eigenvalue weighted by Gasteiger charge is -2.19. The summed E-state index contributed by atoms with van der Waals surface area (Å²) < 4.78 is 13.7. The van der Waals surface area contributed by atoms with Crippen LogP contribution in [-0.2, 0) is 0 Å². The van der Waals surface area contributed by atoms with Crippen molar-refractivity contribution in [3.8, 4) is 10.4 Å². The lowest BCUT2D eigenvalue weighted by Crippen LogP contribution is -2.35. The number of amides is 1. The Morgan fingerprint density at radius 1 is 1.10 bits per heavy atom. The van der Waals surface area contributed by atoms with Gasteiger partial charge < -0.3 is 15.1 Å². The maximum atomic E-state index is 13.7. The van der Waals surface area contributed by atoms with Crippen LogP contribution in [0.3, 0.4) is 0 Å². The minimum absolute atomic E-state index is 0.159. The van der Waals surface area contributed by atoms with Gasteiger partial charge in [-0.3, -0.25) is 4.79 Å². The Bertz CT molecular complexity index is 608. The molecule has 0 bridgehead atoms. The second kappa shape index (κ2) is 7.31. The smallest absolute Gasteiger partial charge is 0.264 e. The van der Waals surface area contributed by atoms with Gasteiger partial charge in [-0.05, 0) is 18.2 Å². The second-order valence-electron chi connectivity index (χ2n) is 4.38. The molecule has 112 valence electrons. The van der Waals surface area contributed by atoms with Gasteiger partial charge in [-0.15, -0.1) is 11.3 Å². The van der Waals surface area contributed by atoms with Gasteiger partial charge in [-0.1, -0.05) is 18.2 Å². The summed E-state index contributed by atoms with van der Waals surface area (Å²) in [4.78, 5) is 14.8. The number of nitrogens with zero attached hydrogens (tertiary/aromatic N) is 1. The highest BCUT2D eigenvalue weighted by Gasteiger charge is 2.18. The molecule has 21 heavy (non-hydrogen) atoms. The van der Waals surface area contributed by atoms with Crippen LogP contribution >= 0.6 is 11.3 Å². The van der Waals surface area contributed by atoms with E-state index in [-0.39, 0.29) is 38.0 Å². The fourth-order valence-corrected chi connectivity index (χ4v) is 2.97. The zero-order valence-electron chi connectivity index (χ0n) is 11.3. The summed E-state index contributed by atoms with van der Waals surface area (Å²) in [5, 5.41) is 17.9. The number of hydrogen-bond donors (Lipinski definition) is 2. The van der Waals surface area contributed by atoms with E-state index in [0.29, 0.717) is 15.3 Å². The van der Waals surface area contributed by atoms with Crippen LogP contribution in [0.5, 0.6) is 0 Å². The van der Waals surface area contributed by atoms with Gasteiger partial charge in [0.1, 0.15) is 5.82 Å². The zero-order valence-corrected chi connectivity index (χ0v) is 12.1. The number of aliphatic hydroxyl groups is 2. The number of carbonyl (C=O) groups excluding carboxylic acids is 1. The van der Waals surface area contributed by atoms with Gasteiger partial charge >= 0.3 is 0 Å². The Hall–Kier alpha value is -1.76. The van der Waals surface area contributed by atoms with Crippen molar-refractivity contribution in [3.05, 3.63) is 47.1 Å².